The van der Waals surface area contributed by atoms with Crippen molar-refractivity contribution in [2.24, 2.45) is 0 Å². The van der Waals surface area contributed by atoms with Crippen molar-refractivity contribution < 1.29 is 24.5 Å². The predicted molar refractivity (Wildman–Crippen MR) is 361 cm³/mol. The molecule has 0 aromatic heterocycles. The SMILES string of the molecule is CCCC/C=C\CCCCCCCC(=O)OCCCCCCCCCCCCCCCCCCCCCCCCCCCCCCCCCCCCCCCC(=O)NC(CO)C(O)CCCCCCCCCCCCCCCCCCC. The summed E-state index contributed by atoms with van der Waals surface area (Å²) in [6.07, 6.45) is 90.2. The Morgan fingerprint density at radius 2 is 0.585 bits per heavy atom. The number of unbranched alkanes of at least 4 members (excludes halogenated alkanes) is 59. The molecule has 0 aliphatic heterocycles. The Kier molecular flexibility index (Phi) is 70.8. The van der Waals surface area contributed by atoms with Crippen LogP contribution in [0.5, 0.6) is 0 Å². The molecule has 0 heterocycles. The summed E-state index contributed by atoms with van der Waals surface area (Å²) < 4.78 is 5.47. The van der Waals surface area contributed by atoms with E-state index in [2.05, 4.69) is 31.3 Å². The van der Waals surface area contributed by atoms with Gasteiger partial charge in [0.15, 0.2) is 0 Å². The molecule has 0 saturated carbocycles. The van der Waals surface area contributed by atoms with Crippen molar-refractivity contribution in [3.8, 4) is 0 Å². The molecule has 0 fully saturated rings. The Bertz CT molecular complexity index is 1240. The van der Waals surface area contributed by atoms with E-state index in [4.69, 9.17) is 4.74 Å². The molecule has 488 valence electrons. The van der Waals surface area contributed by atoms with Gasteiger partial charge in [-0.2, -0.15) is 0 Å². The summed E-state index contributed by atoms with van der Waals surface area (Å²) in [6, 6.07) is -0.536. The molecule has 0 aliphatic carbocycles. The number of nitrogens with one attached hydrogen (secondary N) is 1. The van der Waals surface area contributed by atoms with Gasteiger partial charge < -0.3 is 20.3 Å². The Hall–Kier alpha value is -1.40. The number of rotatable bonds is 72. The molecule has 0 spiro atoms. The fourth-order valence-corrected chi connectivity index (χ4v) is 12.3. The summed E-state index contributed by atoms with van der Waals surface area (Å²) in [5.41, 5.74) is 0. The van der Waals surface area contributed by atoms with Crippen molar-refractivity contribution >= 4 is 11.9 Å². The minimum absolute atomic E-state index is 0.0130. The molecule has 1 amide bonds. The van der Waals surface area contributed by atoms with E-state index in [1.807, 2.05) is 0 Å². The third-order valence-corrected chi connectivity index (χ3v) is 18.1. The molecule has 0 aliphatic rings. The summed E-state index contributed by atoms with van der Waals surface area (Å²) in [5, 5.41) is 23.4. The highest BCUT2D eigenvalue weighted by Gasteiger charge is 2.20. The van der Waals surface area contributed by atoms with Gasteiger partial charge in [-0.3, -0.25) is 9.59 Å². The van der Waals surface area contributed by atoms with Crippen molar-refractivity contribution in [1.29, 1.82) is 0 Å². The number of hydrogen-bond donors (Lipinski definition) is 3. The topological polar surface area (TPSA) is 95.9 Å². The first-order valence-electron chi connectivity index (χ1n) is 37.9. The first-order chi connectivity index (χ1) is 40.5. The van der Waals surface area contributed by atoms with E-state index in [1.54, 1.807) is 0 Å². The van der Waals surface area contributed by atoms with Gasteiger partial charge in [0, 0.05) is 12.8 Å². The van der Waals surface area contributed by atoms with Crippen LogP contribution in [0.2, 0.25) is 0 Å². The van der Waals surface area contributed by atoms with Crippen molar-refractivity contribution in [1.82, 2.24) is 5.32 Å². The number of aliphatic hydroxyl groups is 2. The van der Waals surface area contributed by atoms with Gasteiger partial charge in [-0.05, 0) is 44.9 Å². The molecule has 82 heavy (non-hydrogen) atoms. The number of ether oxygens (including phenoxy) is 1. The largest absolute Gasteiger partial charge is 0.466 e. The maximum absolute atomic E-state index is 12.5. The smallest absolute Gasteiger partial charge is 0.305 e. The van der Waals surface area contributed by atoms with Gasteiger partial charge in [-0.1, -0.05) is 392 Å². The van der Waals surface area contributed by atoms with Gasteiger partial charge >= 0.3 is 5.97 Å². The number of aliphatic hydroxyl groups excluding tert-OH is 2. The lowest BCUT2D eigenvalue weighted by molar-refractivity contribution is -0.143. The first kappa shape index (κ1) is 80.6. The molecular formula is C76H149NO5. The van der Waals surface area contributed by atoms with Crippen molar-refractivity contribution in [3.63, 3.8) is 0 Å². The zero-order valence-corrected chi connectivity index (χ0v) is 56.0. The maximum atomic E-state index is 12.5. The Balaban J connectivity index is 3.29. The van der Waals surface area contributed by atoms with Gasteiger partial charge in [0.05, 0.1) is 25.4 Å². The Labute approximate surface area is 514 Å². The minimum atomic E-state index is -0.660. The quantitative estimate of drug-likeness (QED) is 0.0320. The molecule has 2 unspecified atom stereocenters. The second-order valence-electron chi connectivity index (χ2n) is 26.3. The van der Waals surface area contributed by atoms with Gasteiger partial charge in [-0.25, -0.2) is 0 Å². The molecule has 2 atom stereocenters. The lowest BCUT2D eigenvalue weighted by Crippen LogP contribution is -2.45. The van der Waals surface area contributed by atoms with E-state index in [1.165, 1.54) is 360 Å². The molecule has 0 aromatic rings. The second-order valence-corrected chi connectivity index (χ2v) is 26.3. The van der Waals surface area contributed by atoms with Crippen LogP contribution >= 0.6 is 0 Å². The summed E-state index contributed by atoms with van der Waals surface area (Å²) in [7, 11) is 0. The Morgan fingerprint density at radius 3 is 0.902 bits per heavy atom. The zero-order chi connectivity index (χ0) is 59.2. The minimum Gasteiger partial charge on any atom is -0.466 e. The summed E-state index contributed by atoms with van der Waals surface area (Å²) in [5.74, 6) is -0.0117. The third kappa shape index (κ3) is 67.7. The maximum Gasteiger partial charge on any atom is 0.305 e. The average molecular weight is 1160 g/mol. The molecule has 0 rings (SSSR count). The van der Waals surface area contributed by atoms with Gasteiger partial charge in [-0.15, -0.1) is 0 Å². The summed E-state index contributed by atoms with van der Waals surface area (Å²) >= 11 is 0. The lowest BCUT2D eigenvalue weighted by Gasteiger charge is -2.22. The molecule has 6 nitrogen and oxygen atoms in total. The molecule has 3 N–H and O–H groups in total. The fraction of sp³-hybridized carbons (Fsp3) is 0.947. The number of esters is 1. The molecule has 0 aromatic carbocycles. The second kappa shape index (κ2) is 72.1. The van der Waals surface area contributed by atoms with Gasteiger partial charge in [0.2, 0.25) is 5.91 Å². The van der Waals surface area contributed by atoms with Crippen LogP contribution in [-0.4, -0.2) is 47.4 Å². The van der Waals surface area contributed by atoms with Crippen LogP contribution in [0.4, 0.5) is 0 Å². The van der Waals surface area contributed by atoms with Crippen LogP contribution in [0.25, 0.3) is 0 Å². The summed E-state index contributed by atoms with van der Waals surface area (Å²) in [6.45, 7) is 4.96. The van der Waals surface area contributed by atoms with Crippen LogP contribution in [0.1, 0.15) is 438 Å². The predicted octanol–water partition coefficient (Wildman–Crippen LogP) is 24.7. The molecular weight excluding hydrogens is 1010 g/mol. The van der Waals surface area contributed by atoms with E-state index < -0.39 is 12.1 Å². The number of allylic oxidation sites excluding steroid dienone is 2. The highest BCUT2D eigenvalue weighted by molar-refractivity contribution is 5.76. The van der Waals surface area contributed by atoms with E-state index in [9.17, 15) is 19.8 Å². The van der Waals surface area contributed by atoms with Crippen LogP contribution < -0.4 is 5.32 Å². The number of carbonyl (C=O) groups is 2. The van der Waals surface area contributed by atoms with Gasteiger partial charge in [0.1, 0.15) is 0 Å². The summed E-state index contributed by atoms with van der Waals surface area (Å²) in [4.78, 5) is 24.5. The van der Waals surface area contributed by atoms with Crippen LogP contribution in [0.15, 0.2) is 12.2 Å². The first-order valence-corrected chi connectivity index (χ1v) is 37.9. The fourth-order valence-electron chi connectivity index (χ4n) is 12.3. The molecule has 0 saturated heterocycles. The highest BCUT2D eigenvalue weighted by Crippen LogP contribution is 2.20. The normalized spacial score (nSPS) is 12.5. The number of amides is 1. The third-order valence-electron chi connectivity index (χ3n) is 18.1. The number of carbonyl (C=O) groups excluding carboxylic acids is 2. The molecule has 0 bridgehead atoms. The van der Waals surface area contributed by atoms with Crippen molar-refractivity contribution in [3.05, 3.63) is 12.2 Å². The average Bonchev–Trinajstić information content (AvgIpc) is 3.48. The Morgan fingerprint density at radius 1 is 0.329 bits per heavy atom. The highest BCUT2D eigenvalue weighted by atomic mass is 16.5. The zero-order valence-electron chi connectivity index (χ0n) is 56.0. The molecule has 0 radical (unpaired) electrons. The van der Waals surface area contributed by atoms with Crippen LogP contribution in [-0.2, 0) is 14.3 Å². The number of hydrogen-bond acceptors (Lipinski definition) is 5. The van der Waals surface area contributed by atoms with E-state index in [0.29, 0.717) is 25.9 Å². The van der Waals surface area contributed by atoms with Crippen molar-refractivity contribution in [2.75, 3.05) is 13.2 Å². The van der Waals surface area contributed by atoms with Crippen LogP contribution in [0, 0.1) is 0 Å². The molecule has 6 heteroatoms. The van der Waals surface area contributed by atoms with Gasteiger partial charge in [0.25, 0.3) is 0 Å². The van der Waals surface area contributed by atoms with E-state index in [0.717, 1.165) is 44.9 Å². The lowest BCUT2D eigenvalue weighted by atomic mass is 10.0. The van der Waals surface area contributed by atoms with Crippen LogP contribution in [0.3, 0.4) is 0 Å². The van der Waals surface area contributed by atoms with E-state index >= 15 is 0 Å². The van der Waals surface area contributed by atoms with E-state index in [-0.39, 0.29) is 18.5 Å². The monoisotopic (exact) mass is 1160 g/mol. The standard InChI is InChI=1S/C76H149NO5/c1-3-5-7-9-11-13-15-16-17-39-42-45-49-52-56-60-64-68-74(79)73(72-78)77-75(80)69-65-61-57-53-50-46-43-40-37-35-33-31-29-27-25-23-21-19-18-20-22-24-26-28-30-32-34-36-38-41-44-47-51-55-59-63-67-71-82-76(81)70-66-62-58-54-48-14-12-10-8-6-4-2/h10,12,73-74,78-79H,3-9,11,13-72H2,1-2H3,(H,77,80)/b12-10-. The van der Waals surface area contributed by atoms with Crippen molar-refractivity contribution in [2.45, 2.75) is 450 Å².